The van der Waals surface area contributed by atoms with Crippen molar-refractivity contribution in [1.29, 1.82) is 0 Å². The van der Waals surface area contributed by atoms with Crippen LogP contribution in [-0.2, 0) is 0 Å². The molecular formula is C14H19ClF2N2O. The van der Waals surface area contributed by atoms with E-state index in [9.17, 15) is 13.6 Å². The minimum atomic E-state index is -0.738. The van der Waals surface area contributed by atoms with Crippen LogP contribution in [-0.4, -0.2) is 29.9 Å². The summed E-state index contributed by atoms with van der Waals surface area (Å²) in [4.78, 5) is 14.0. The normalized spacial score (nSPS) is 22.3. The second-order valence-corrected chi connectivity index (χ2v) is 5.18. The lowest BCUT2D eigenvalue weighted by atomic mass is 9.92. The van der Waals surface area contributed by atoms with Gasteiger partial charge in [-0.25, -0.2) is 8.78 Å². The van der Waals surface area contributed by atoms with Crippen molar-refractivity contribution in [2.75, 3.05) is 13.1 Å². The van der Waals surface area contributed by atoms with Crippen LogP contribution in [0.4, 0.5) is 8.78 Å². The van der Waals surface area contributed by atoms with Gasteiger partial charge >= 0.3 is 0 Å². The average molecular weight is 305 g/mol. The first-order valence-corrected chi connectivity index (χ1v) is 6.48. The monoisotopic (exact) mass is 304 g/mol. The Labute approximate surface area is 123 Å². The van der Waals surface area contributed by atoms with Gasteiger partial charge in [0, 0.05) is 30.8 Å². The second kappa shape index (κ2) is 6.99. The quantitative estimate of drug-likeness (QED) is 0.913. The van der Waals surface area contributed by atoms with Gasteiger partial charge in [0.05, 0.1) is 0 Å². The van der Waals surface area contributed by atoms with Crippen LogP contribution >= 0.6 is 12.4 Å². The summed E-state index contributed by atoms with van der Waals surface area (Å²) in [6.45, 7) is 3.07. The molecule has 0 radical (unpaired) electrons. The van der Waals surface area contributed by atoms with E-state index in [2.05, 4.69) is 6.92 Å². The molecule has 1 amide bonds. The maximum absolute atomic E-state index is 13.2. The van der Waals surface area contributed by atoms with Crippen molar-refractivity contribution >= 4 is 18.3 Å². The lowest BCUT2D eigenvalue weighted by molar-refractivity contribution is 0.0572. The molecule has 6 heteroatoms. The van der Waals surface area contributed by atoms with Crippen molar-refractivity contribution in [3.8, 4) is 0 Å². The molecule has 3 nitrogen and oxygen atoms in total. The molecule has 1 saturated heterocycles. The van der Waals surface area contributed by atoms with E-state index < -0.39 is 11.6 Å². The zero-order valence-corrected chi connectivity index (χ0v) is 12.1. The van der Waals surface area contributed by atoms with Gasteiger partial charge in [-0.3, -0.25) is 4.79 Å². The predicted molar refractivity (Wildman–Crippen MR) is 75.9 cm³/mol. The molecule has 0 aliphatic carbocycles. The largest absolute Gasteiger partial charge is 0.334 e. The lowest BCUT2D eigenvalue weighted by Crippen LogP contribution is -2.49. The van der Waals surface area contributed by atoms with Crippen molar-refractivity contribution in [3.63, 3.8) is 0 Å². The first kappa shape index (κ1) is 16.9. The number of carbonyl (C=O) groups excluding carboxylic acids is 1. The van der Waals surface area contributed by atoms with E-state index >= 15 is 0 Å². The van der Waals surface area contributed by atoms with Crippen LogP contribution in [0.1, 0.15) is 30.1 Å². The van der Waals surface area contributed by atoms with E-state index in [0.717, 1.165) is 31.0 Å². The van der Waals surface area contributed by atoms with Gasteiger partial charge in [0.2, 0.25) is 0 Å². The Bertz CT molecular complexity index is 464. The number of amides is 1. The van der Waals surface area contributed by atoms with Crippen molar-refractivity contribution in [2.24, 2.45) is 11.7 Å². The molecule has 1 aromatic carbocycles. The van der Waals surface area contributed by atoms with E-state index in [1.54, 1.807) is 4.90 Å². The summed E-state index contributed by atoms with van der Waals surface area (Å²) in [5.41, 5.74) is 5.74. The molecular weight excluding hydrogens is 286 g/mol. The summed E-state index contributed by atoms with van der Waals surface area (Å²) >= 11 is 0. The number of nitrogens with zero attached hydrogens (tertiary/aromatic N) is 1. The number of benzene rings is 1. The number of hydrogen-bond donors (Lipinski definition) is 1. The molecule has 2 rings (SSSR count). The summed E-state index contributed by atoms with van der Waals surface area (Å²) in [7, 11) is 0. The molecule has 0 saturated carbocycles. The smallest absolute Gasteiger partial charge is 0.254 e. The van der Waals surface area contributed by atoms with Crippen LogP contribution in [0.15, 0.2) is 18.2 Å². The number of nitrogens with two attached hydrogens (primary N) is 1. The first-order chi connectivity index (χ1) is 9.01. The highest BCUT2D eigenvalue weighted by Gasteiger charge is 2.29. The molecule has 1 aliphatic heterocycles. The zero-order chi connectivity index (χ0) is 14.0. The van der Waals surface area contributed by atoms with Crippen molar-refractivity contribution in [1.82, 2.24) is 4.90 Å². The fraction of sp³-hybridized carbons (Fsp3) is 0.500. The summed E-state index contributed by atoms with van der Waals surface area (Å²) < 4.78 is 26.3. The Hall–Kier alpha value is -1.20. The van der Waals surface area contributed by atoms with Gasteiger partial charge in [-0.15, -0.1) is 12.4 Å². The Morgan fingerprint density at radius 3 is 2.50 bits per heavy atom. The number of piperidine rings is 1. The Kier molecular flexibility index (Phi) is 5.89. The van der Waals surface area contributed by atoms with Gasteiger partial charge in [0.1, 0.15) is 11.6 Å². The van der Waals surface area contributed by atoms with E-state index in [1.165, 1.54) is 0 Å². The molecule has 2 unspecified atom stereocenters. The van der Waals surface area contributed by atoms with Crippen molar-refractivity contribution in [2.45, 2.75) is 25.8 Å². The summed E-state index contributed by atoms with van der Waals surface area (Å²) in [5.74, 6) is -1.31. The van der Waals surface area contributed by atoms with Gasteiger partial charge in [-0.1, -0.05) is 6.92 Å². The van der Waals surface area contributed by atoms with E-state index in [1.807, 2.05) is 0 Å². The van der Waals surface area contributed by atoms with Crippen molar-refractivity contribution in [3.05, 3.63) is 35.4 Å². The number of likely N-dealkylation sites (tertiary alicyclic amines) is 1. The standard InChI is InChI=1S/C14H18F2N2O.ClH/c1-9-2-3-18(13(4-9)8-17)14(19)10-5-11(15)7-12(16)6-10;/h5-7,9,13H,2-4,8,17H2,1H3;1H. The minimum Gasteiger partial charge on any atom is -0.334 e. The van der Waals surface area contributed by atoms with Gasteiger partial charge in [0.25, 0.3) is 5.91 Å². The van der Waals surface area contributed by atoms with Gasteiger partial charge in [-0.05, 0) is 30.9 Å². The van der Waals surface area contributed by atoms with Crippen LogP contribution in [0.25, 0.3) is 0 Å². The van der Waals surface area contributed by atoms with Gasteiger partial charge < -0.3 is 10.6 Å². The van der Waals surface area contributed by atoms with Crippen LogP contribution < -0.4 is 5.73 Å². The number of rotatable bonds is 2. The maximum atomic E-state index is 13.2. The number of hydrogen-bond acceptors (Lipinski definition) is 2. The third-order valence-electron chi connectivity index (χ3n) is 3.62. The number of halogens is 3. The Morgan fingerprint density at radius 2 is 1.95 bits per heavy atom. The maximum Gasteiger partial charge on any atom is 0.254 e. The highest BCUT2D eigenvalue weighted by Crippen LogP contribution is 2.24. The van der Waals surface area contributed by atoms with Crippen LogP contribution in [0, 0.1) is 17.6 Å². The molecule has 1 aliphatic rings. The SMILES string of the molecule is CC1CCN(C(=O)c2cc(F)cc(F)c2)C(CN)C1.Cl. The molecule has 1 fully saturated rings. The summed E-state index contributed by atoms with van der Waals surface area (Å²) in [6, 6.07) is 2.84. The highest BCUT2D eigenvalue weighted by molar-refractivity contribution is 5.94. The molecule has 20 heavy (non-hydrogen) atoms. The highest BCUT2D eigenvalue weighted by atomic mass is 35.5. The van der Waals surface area contributed by atoms with Crippen molar-refractivity contribution < 1.29 is 13.6 Å². The number of carbonyl (C=O) groups is 1. The van der Waals surface area contributed by atoms with E-state index in [-0.39, 0.29) is 29.9 Å². The minimum absolute atomic E-state index is 0. The summed E-state index contributed by atoms with van der Waals surface area (Å²) in [5, 5.41) is 0. The van der Waals surface area contributed by atoms with Gasteiger partial charge in [0.15, 0.2) is 0 Å². The molecule has 2 N–H and O–H groups in total. The third kappa shape index (κ3) is 3.67. The predicted octanol–water partition coefficient (Wildman–Crippen LogP) is 2.59. The fourth-order valence-electron chi connectivity index (χ4n) is 2.59. The molecule has 2 atom stereocenters. The fourth-order valence-corrected chi connectivity index (χ4v) is 2.59. The van der Waals surface area contributed by atoms with Gasteiger partial charge in [-0.2, -0.15) is 0 Å². The molecule has 112 valence electrons. The lowest BCUT2D eigenvalue weighted by Gasteiger charge is -2.38. The Balaban J connectivity index is 0.00000200. The second-order valence-electron chi connectivity index (χ2n) is 5.18. The topological polar surface area (TPSA) is 46.3 Å². The Morgan fingerprint density at radius 1 is 1.35 bits per heavy atom. The van der Waals surface area contributed by atoms with Crippen LogP contribution in [0.5, 0.6) is 0 Å². The molecule has 0 bridgehead atoms. The van der Waals surface area contributed by atoms with E-state index in [0.29, 0.717) is 19.0 Å². The third-order valence-corrected chi connectivity index (χ3v) is 3.62. The summed E-state index contributed by atoms with van der Waals surface area (Å²) in [6.07, 6.45) is 1.72. The molecule has 0 spiro atoms. The van der Waals surface area contributed by atoms with Crippen LogP contribution in [0.3, 0.4) is 0 Å². The zero-order valence-electron chi connectivity index (χ0n) is 11.3. The molecule has 1 aromatic rings. The molecule has 0 aromatic heterocycles. The first-order valence-electron chi connectivity index (χ1n) is 6.48. The van der Waals surface area contributed by atoms with E-state index in [4.69, 9.17) is 5.73 Å². The van der Waals surface area contributed by atoms with Crippen LogP contribution in [0.2, 0.25) is 0 Å². The molecule has 1 heterocycles. The average Bonchev–Trinajstić information content (AvgIpc) is 2.36.